The van der Waals surface area contributed by atoms with Crippen molar-refractivity contribution in [2.24, 2.45) is 4.99 Å². The third kappa shape index (κ3) is 8.18. The maximum Gasteiger partial charge on any atom is 0.410 e. The molecule has 168 valence electrons. The maximum atomic E-state index is 12.6. The summed E-state index contributed by atoms with van der Waals surface area (Å²) in [6, 6.07) is 0.0655. The van der Waals surface area contributed by atoms with Crippen molar-refractivity contribution in [2.45, 2.75) is 65.5 Å². The number of piperazine rings is 1. The van der Waals surface area contributed by atoms with Crippen molar-refractivity contribution >= 4 is 41.9 Å². The van der Waals surface area contributed by atoms with Crippen molar-refractivity contribution in [1.82, 2.24) is 20.0 Å². The molecule has 2 amide bonds. The molecule has 2 heterocycles. The van der Waals surface area contributed by atoms with E-state index in [0.717, 1.165) is 51.4 Å². The zero-order valence-electron chi connectivity index (χ0n) is 18.6. The number of rotatable bonds is 3. The minimum absolute atomic E-state index is 0. The molecule has 2 saturated heterocycles. The molecule has 2 fully saturated rings. The largest absolute Gasteiger partial charge is 0.444 e. The van der Waals surface area contributed by atoms with Crippen LogP contribution in [0.15, 0.2) is 4.99 Å². The van der Waals surface area contributed by atoms with E-state index in [1.165, 1.54) is 0 Å². The van der Waals surface area contributed by atoms with Gasteiger partial charge in [-0.3, -0.25) is 9.79 Å². The van der Waals surface area contributed by atoms with Crippen LogP contribution in [-0.2, 0) is 9.53 Å². The predicted molar refractivity (Wildman–Crippen MR) is 126 cm³/mol. The quantitative estimate of drug-likeness (QED) is 0.350. The second kappa shape index (κ2) is 11.8. The number of guanidine groups is 1. The first kappa shape index (κ1) is 25.8. The summed E-state index contributed by atoms with van der Waals surface area (Å²) in [7, 11) is 0. The number of carbonyl (C=O) groups is 2. The highest BCUT2D eigenvalue weighted by atomic mass is 127. The van der Waals surface area contributed by atoms with E-state index in [1.807, 2.05) is 30.6 Å². The van der Waals surface area contributed by atoms with Crippen molar-refractivity contribution in [3.8, 4) is 0 Å². The summed E-state index contributed by atoms with van der Waals surface area (Å²) in [6.45, 7) is 14.4. The molecule has 0 aromatic heterocycles. The minimum atomic E-state index is -0.492. The molecule has 2 rings (SSSR count). The summed E-state index contributed by atoms with van der Waals surface area (Å²) < 4.78 is 5.59. The first-order chi connectivity index (χ1) is 13.2. The Morgan fingerprint density at radius 1 is 1.07 bits per heavy atom. The van der Waals surface area contributed by atoms with E-state index in [0.29, 0.717) is 19.6 Å². The smallest absolute Gasteiger partial charge is 0.410 e. The lowest BCUT2D eigenvalue weighted by atomic mass is 10.0. The molecule has 29 heavy (non-hydrogen) atoms. The Hall–Kier alpha value is -1.26. The molecule has 0 radical (unpaired) electrons. The van der Waals surface area contributed by atoms with E-state index in [9.17, 15) is 9.59 Å². The molecule has 0 aromatic rings. The van der Waals surface area contributed by atoms with Gasteiger partial charge in [0.25, 0.3) is 0 Å². The van der Waals surface area contributed by atoms with Crippen LogP contribution in [0.5, 0.6) is 0 Å². The van der Waals surface area contributed by atoms with Gasteiger partial charge in [0.1, 0.15) is 5.60 Å². The fraction of sp³-hybridized carbons (Fsp3) is 0.850. The van der Waals surface area contributed by atoms with Gasteiger partial charge >= 0.3 is 6.09 Å². The van der Waals surface area contributed by atoms with Crippen molar-refractivity contribution in [3.63, 3.8) is 0 Å². The summed E-state index contributed by atoms with van der Waals surface area (Å²) in [5.41, 5.74) is -0.492. The molecule has 0 saturated carbocycles. The van der Waals surface area contributed by atoms with Crippen LogP contribution in [0.2, 0.25) is 0 Å². The first-order valence-corrected chi connectivity index (χ1v) is 10.5. The van der Waals surface area contributed by atoms with Crippen LogP contribution in [0, 0.1) is 0 Å². The fourth-order valence-electron chi connectivity index (χ4n) is 3.60. The van der Waals surface area contributed by atoms with Crippen LogP contribution in [0.25, 0.3) is 0 Å². The summed E-state index contributed by atoms with van der Waals surface area (Å²) in [5, 5.41) is 3.36. The van der Waals surface area contributed by atoms with Crippen LogP contribution in [0.3, 0.4) is 0 Å². The third-order valence-electron chi connectivity index (χ3n) is 5.07. The average molecular weight is 523 g/mol. The molecule has 2 aliphatic rings. The number of aliphatic imine (C=N–C) groups is 1. The highest BCUT2D eigenvalue weighted by Crippen LogP contribution is 2.21. The molecule has 0 spiro atoms. The molecular formula is C20H38IN5O3. The minimum Gasteiger partial charge on any atom is -0.444 e. The Kier molecular flexibility index (Phi) is 10.5. The number of nitrogens with one attached hydrogen (secondary N) is 1. The zero-order chi connectivity index (χ0) is 20.7. The molecular weight excluding hydrogens is 485 g/mol. The van der Waals surface area contributed by atoms with Crippen LogP contribution in [-0.4, -0.2) is 90.1 Å². The van der Waals surface area contributed by atoms with Crippen LogP contribution in [0.1, 0.15) is 53.9 Å². The van der Waals surface area contributed by atoms with Gasteiger partial charge in [0.05, 0.1) is 12.6 Å². The lowest BCUT2D eigenvalue weighted by Gasteiger charge is -2.38. The lowest BCUT2D eigenvalue weighted by molar-refractivity contribution is -0.130. The van der Waals surface area contributed by atoms with Crippen molar-refractivity contribution in [3.05, 3.63) is 0 Å². The summed E-state index contributed by atoms with van der Waals surface area (Å²) in [5.74, 6) is 0.984. The summed E-state index contributed by atoms with van der Waals surface area (Å²) in [4.78, 5) is 34.9. The van der Waals surface area contributed by atoms with Gasteiger partial charge in [-0.05, 0) is 47.0 Å². The molecule has 0 aromatic carbocycles. The Bertz CT molecular complexity index is 571. The second-order valence-electron chi connectivity index (χ2n) is 8.51. The Morgan fingerprint density at radius 3 is 2.24 bits per heavy atom. The Balaban J connectivity index is 0.00000420. The second-order valence-corrected chi connectivity index (χ2v) is 8.51. The van der Waals surface area contributed by atoms with Gasteiger partial charge in [-0.1, -0.05) is 0 Å². The number of nitrogens with zero attached hydrogens (tertiary/aromatic N) is 4. The number of piperidine rings is 1. The zero-order valence-corrected chi connectivity index (χ0v) is 20.9. The van der Waals surface area contributed by atoms with Crippen LogP contribution < -0.4 is 5.32 Å². The van der Waals surface area contributed by atoms with E-state index in [1.54, 1.807) is 6.92 Å². The van der Waals surface area contributed by atoms with Gasteiger partial charge in [0, 0.05) is 46.2 Å². The van der Waals surface area contributed by atoms with E-state index in [4.69, 9.17) is 9.73 Å². The van der Waals surface area contributed by atoms with E-state index < -0.39 is 5.60 Å². The van der Waals surface area contributed by atoms with Gasteiger partial charge in [-0.2, -0.15) is 0 Å². The molecule has 9 heteroatoms. The first-order valence-electron chi connectivity index (χ1n) is 10.5. The third-order valence-corrected chi connectivity index (χ3v) is 5.07. The number of hydrogen-bond acceptors (Lipinski definition) is 4. The molecule has 1 unspecified atom stereocenters. The standard InChI is InChI=1S/C20H37N5O3.HI/c1-6-21-18(24-13-11-23(12-14-24)16(2)26)22-15-17-9-7-8-10-25(17)19(27)28-20(3,4)5;/h17H,6-15H2,1-5H3,(H,21,22);1H. The van der Waals surface area contributed by atoms with Gasteiger partial charge in [-0.25, -0.2) is 4.79 Å². The van der Waals surface area contributed by atoms with E-state index >= 15 is 0 Å². The topological polar surface area (TPSA) is 77.5 Å². The molecule has 8 nitrogen and oxygen atoms in total. The molecule has 0 bridgehead atoms. The van der Waals surface area contributed by atoms with E-state index in [2.05, 4.69) is 17.1 Å². The Labute approximate surface area is 192 Å². The van der Waals surface area contributed by atoms with Gasteiger partial charge < -0.3 is 24.8 Å². The highest BCUT2D eigenvalue weighted by molar-refractivity contribution is 14.0. The molecule has 2 aliphatic heterocycles. The fourth-order valence-corrected chi connectivity index (χ4v) is 3.60. The molecule has 1 atom stereocenters. The number of halogens is 1. The number of likely N-dealkylation sites (tertiary alicyclic amines) is 1. The van der Waals surface area contributed by atoms with Crippen molar-refractivity contribution in [2.75, 3.05) is 45.8 Å². The van der Waals surface area contributed by atoms with Crippen LogP contribution >= 0.6 is 24.0 Å². The van der Waals surface area contributed by atoms with Gasteiger partial charge in [0.2, 0.25) is 5.91 Å². The molecule has 0 aliphatic carbocycles. The number of hydrogen-bond donors (Lipinski definition) is 1. The van der Waals surface area contributed by atoms with Crippen LogP contribution in [0.4, 0.5) is 4.79 Å². The van der Waals surface area contributed by atoms with Crippen molar-refractivity contribution in [1.29, 1.82) is 0 Å². The SMILES string of the molecule is CCNC(=NCC1CCCCN1C(=O)OC(C)(C)C)N1CCN(C(C)=O)CC1.I. The van der Waals surface area contributed by atoms with Gasteiger partial charge in [0.15, 0.2) is 5.96 Å². The summed E-state index contributed by atoms with van der Waals surface area (Å²) >= 11 is 0. The van der Waals surface area contributed by atoms with E-state index in [-0.39, 0.29) is 42.0 Å². The van der Waals surface area contributed by atoms with Gasteiger partial charge in [-0.15, -0.1) is 24.0 Å². The monoisotopic (exact) mass is 523 g/mol. The van der Waals surface area contributed by atoms with Crippen molar-refractivity contribution < 1.29 is 14.3 Å². The number of amides is 2. The summed E-state index contributed by atoms with van der Waals surface area (Å²) in [6.07, 6.45) is 2.81. The maximum absolute atomic E-state index is 12.6. The lowest BCUT2D eigenvalue weighted by Crippen LogP contribution is -2.54. The number of ether oxygens (including phenoxy) is 1. The molecule has 1 N–H and O–H groups in total. The highest BCUT2D eigenvalue weighted by Gasteiger charge is 2.30. The number of carbonyl (C=O) groups excluding carboxylic acids is 2. The Morgan fingerprint density at radius 2 is 1.69 bits per heavy atom. The predicted octanol–water partition coefficient (Wildman–Crippen LogP) is 2.52. The normalized spacial score (nSPS) is 20.8. The average Bonchev–Trinajstić information content (AvgIpc) is 2.64.